The van der Waals surface area contributed by atoms with Crippen molar-refractivity contribution in [3.63, 3.8) is 0 Å². The smallest absolute Gasteiger partial charge is 0.315 e. The first kappa shape index (κ1) is 14.8. The number of aliphatic carboxylic acids is 1. The van der Waals surface area contributed by atoms with Crippen LogP contribution < -0.4 is 10.6 Å². The molecule has 0 aromatic heterocycles. The monoisotopic (exact) mass is 281 g/mol. The Bertz CT molecular complexity index is 391. The van der Waals surface area contributed by atoms with Crippen LogP contribution in [0.25, 0.3) is 0 Å². The van der Waals surface area contributed by atoms with Gasteiger partial charge in [-0.05, 0) is 39.3 Å². The average molecular weight is 281 g/mol. The highest BCUT2D eigenvalue weighted by Crippen LogP contribution is 2.17. The van der Waals surface area contributed by atoms with Crippen molar-refractivity contribution in [2.24, 2.45) is 5.92 Å². The predicted molar refractivity (Wildman–Crippen MR) is 75.5 cm³/mol. The minimum Gasteiger partial charge on any atom is -0.481 e. The molecular weight excluding hydrogens is 258 g/mol. The van der Waals surface area contributed by atoms with Gasteiger partial charge in [-0.3, -0.25) is 9.69 Å². The van der Waals surface area contributed by atoms with Crippen LogP contribution in [0.3, 0.4) is 0 Å². The largest absolute Gasteiger partial charge is 0.481 e. The fourth-order valence-electron chi connectivity index (χ4n) is 2.76. The predicted octanol–water partition coefficient (Wildman–Crippen LogP) is 0.799. The van der Waals surface area contributed by atoms with Crippen LogP contribution in [-0.2, 0) is 4.79 Å². The topological polar surface area (TPSA) is 81.7 Å². The van der Waals surface area contributed by atoms with Crippen molar-refractivity contribution in [2.45, 2.75) is 38.3 Å². The third-order valence-corrected chi connectivity index (χ3v) is 4.04. The Hall–Kier alpha value is -1.56. The third kappa shape index (κ3) is 3.96. The van der Waals surface area contributed by atoms with Gasteiger partial charge in [-0.25, -0.2) is 4.79 Å². The van der Waals surface area contributed by atoms with Gasteiger partial charge in [-0.2, -0.15) is 0 Å². The second kappa shape index (κ2) is 6.74. The lowest BCUT2D eigenvalue weighted by Gasteiger charge is -2.24. The number of nitrogens with zero attached hydrogens (tertiary/aromatic N) is 1. The minimum absolute atomic E-state index is 0.182. The van der Waals surface area contributed by atoms with Gasteiger partial charge in [0.25, 0.3) is 0 Å². The van der Waals surface area contributed by atoms with E-state index in [1.54, 1.807) is 12.2 Å². The Morgan fingerprint density at radius 3 is 2.65 bits per heavy atom. The number of rotatable bonds is 5. The van der Waals surface area contributed by atoms with Crippen LogP contribution >= 0.6 is 0 Å². The summed E-state index contributed by atoms with van der Waals surface area (Å²) in [4.78, 5) is 25.0. The number of urea groups is 1. The number of likely N-dealkylation sites (tertiary alicyclic amines) is 1. The van der Waals surface area contributed by atoms with E-state index in [2.05, 4.69) is 22.5 Å². The molecule has 0 aromatic carbocycles. The van der Waals surface area contributed by atoms with Crippen molar-refractivity contribution in [3.8, 4) is 0 Å². The summed E-state index contributed by atoms with van der Waals surface area (Å²) in [6.07, 6.45) is 6.30. The van der Waals surface area contributed by atoms with E-state index in [0.717, 1.165) is 13.1 Å². The normalized spacial score (nSPS) is 27.4. The zero-order valence-electron chi connectivity index (χ0n) is 11.8. The van der Waals surface area contributed by atoms with Crippen molar-refractivity contribution < 1.29 is 14.7 Å². The van der Waals surface area contributed by atoms with E-state index in [0.29, 0.717) is 19.0 Å². The molecule has 0 saturated carbocycles. The van der Waals surface area contributed by atoms with Gasteiger partial charge in [0.05, 0.1) is 12.0 Å². The standard InChI is InChI=1S/C14H23N3O3/c1-10(17-6-2-3-7-17)9-15-14(20)16-12-5-4-11(8-12)13(18)19/h4-5,10-12H,2-3,6-9H2,1H3,(H,18,19)(H2,15,16,20). The lowest BCUT2D eigenvalue weighted by atomic mass is 10.1. The van der Waals surface area contributed by atoms with Gasteiger partial charge in [0.15, 0.2) is 0 Å². The van der Waals surface area contributed by atoms with Crippen LogP contribution in [0.5, 0.6) is 0 Å². The van der Waals surface area contributed by atoms with E-state index in [-0.39, 0.29) is 12.1 Å². The van der Waals surface area contributed by atoms with E-state index in [9.17, 15) is 9.59 Å². The van der Waals surface area contributed by atoms with E-state index in [1.807, 2.05) is 0 Å². The summed E-state index contributed by atoms with van der Waals surface area (Å²) in [7, 11) is 0. The second-order valence-electron chi connectivity index (χ2n) is 5.62. The molecule has 6 nitrogen and oxygen atoms in total. The molecule has 112 valence electrons. The maximum Gasteiger partial charge on any atom is 0.315 e. The molecule has 1 aliphatic carbocycles. The van der Waals surface area contributed by atoms with Gasteiger partial charge in [0, 0.05) is 12.6 Å². The third-order valence-electron chi connectivity index (χ3n) is 4.04. The van der Waals surface area contributed by atoms with Crippen molar-refractivity contribution in [1.82, 2.24) is 15.5 Å². The van der Waals surface area contributed by atoms with Crippen LogP contribution in [0.2, 0.25) is 0 Å². The van der Waals surface area contributed by atoms with Crippen molar-refractivity contribution in [3.05, 3.63) is 12.2 Å². The van der Waals surface area contributed by atoms with E-state index in [1.165, 1.54) is 12.8 Å². The zero-order valence-corrected chi connectivity index (χ0v) is 11.8. The molecule has 2 aliphatic rings. The van der Waals surface area contributed by atoms with Crippen LogP contribution in [0.1, 0.15) is 26.2 Å². The molecule has 3 N–H and O–H groups in total. The van der Waals surface area contributed by atoms with Gasteiger partial charge in [0.2, 0.25) is 0 Å². The summed E-state index contributed by atoms with van der Waals surface area (Å²) in [6.45, 7) is 4.94. The number of carboxylic acids is 1. The Balaban J connectivity index is 1.66. The molecule has 1 heterocycles. The van der Waals surface area contributed by atoms with Gasteiger partial charge < -0.3 is 15.7 Å². The molecule has 20 heavy (non-hydrogen) atoms. The molecule has 2 rings (SSSR count). The molecule has 0 bridgehead atoms. The van der Waals surface area contributed by atoms with Crippen LogP contribution in [0, 0.1) is 5.92 Å². The summed E-state index contributed by atoms with van der Waals surface area (Å²) in [5.74, 6) is -1.32. The Labute approximate surface area is 119 Å². The summed E-state index contributed by atoms with van der Waals surface area (Å²) < 4.78 is 0. The number of hydrogen-bond donors (Lipinski definition) is 3. The molecule has 0 radical (unpaired) electrons. The molecule has 1 aliphatic heterocycles. The summed E-state index contributed by atoms with van der Waals surface area (Å²) in [5.41, 5.74) is 0. The minimum atomic E-state index is -0.839. The molecule has 0 aromatic rings. The van der Waals surface area contributed by atoms with E-state index >= 15 is 0 Å². The fraction of sp³-hybridized carbons (Fsp3) is 0.714. The van der Waals surface area contributed by atoms with E-state index in [4.69, 9.17) is 5.11 Å². The van der Waals surface area contributed by atoms with Gasteiger partial charge in [-0.1, -0.05) is 12.2 Å². The molecular formula is C14H23N3O3. The average Bonchev–Trinajstić information content (AvgIpc) is 3.06. The fourth-order valence-corrected chi connectivity index (χ4v) is 2.76. The van der Waals surface area contributed by atoms with Crippen molar-refractivity contribution in [2.75, 3.05) is 19.6 Å². The van der Waals surface area contributed by atoms with E-state index < -0.39 is 11.9 Å². The van der Waals surface area contributed by atoms with Crippen LogP contribution in [0.4, 0.5) is 4.79 Å². The highest BCUT2D eigenvalue weighted by molar-refractivity contribution is 5.76. The number of carbonyl (C=O) groups excluding carboxylic acids is 1. The number of carbonyl (C=O) groups is 2. The zero-order chi connectivity index (χ0) is 14.5. The first-order valence-electron chi connectivity index (χ1n) is 7.26. The maximum atomic E-state index is 11.8. The maximum absolute atomic E-state index is 11.8. The summed E-state index contributed by atoms with van der Waals surface area (Å²) >= 11 is 0. The number of nitrogens with one attached hydrogen (secondary N) is 2. The summed E-state index contributed by atoms with van der Waals surface area (Å²) in [6, 6.07) is -0.0657. The van der Waals surface area contributed by atoms with Crippen molar-refractivity contribution in [1.29, 1.82) is 0 Å². The molecule has 3 unspecified atom stereocenters. The van der Waals surface area contributed by atoms with Crippen molar-refractivity contribution >= 4 is 12.0 Å². The highest BCUT2D eigenvalue weighted by Gasteiger charge is 2.25. The summed E-state index contributed by atoms with van der Waals surface area (Å²) in [5, 5.41) is 14.5. The van der Waals surface area contributed by atoms with Gasteiger partial charge in [0.1, 0.15) is 0 Å². The van der Waals surface area contributed by atoms with Gasteiger partial charge in [-0.15, -0.1) is 0 Å². The number of amides is 2. The molecule has 6 heteroatoms. The number of hydrogen-bond acceptors (Lipinski definition) is 3. The molecule has 1 saturated heterocycles. The Morgan fingerprint density at radius 2 is 2.05 bits per heavy atom. The van der Waals surface area contributed by atoms with Gasteiger partial charge >= 0.3 is 12.0 Å². The van der Waals surface area contributed by atoms with Crippen LogP contribution in [-0.4, -0.2) is 53.7 Å². The Kier molecular flexibility index (Phi) is 5.00. The quantitative estimate of drug-likeness (QED) is 0.651. The first-order chi connectivity index (χ1) is 9.56. The molecule has 2 amide bonds. The molecule has 0 spiro atoms. The molecule has 1 fully saturated rings. The second-order valence-corrected chi connectivity index (χ2v) is 5.62. The number of carboxylic acid groups (broad SMARTS) is 1. The highest BCUT2D eigenvalue weighted by atomic mass is 16.4. The lowest BCUT2D eigenvalue weighted by molar-refractivity contribution is -0.140. The Morgan fingerprint density at radius 1 is 1.35 bits per heavy atom. The molecule has 3 atom stereocenters. The first-order valence-corrected chi connectivity index (χ1v) is 7.26. The van der Waals surface area contributed by atoms with Crippen LogP contribution in [0.15, 0.2) is 12.2 Å². The lowest BCUT2D eigenvalue weighted by Crippen LogP contribution is -2.46. The SMILES string of the molecule is CC(CNC(=O)NC1C=CC(C(=O)O)C1)N1CCCC1.